The van der Waals surface area contributed by atoms with Gasteiger partial charge in [-0.2, -0.15) is 4.72 Å². The van der Waals surface area contributed by atoms with Gasteiger partial charge in [-0.1, -0.05) is 48.5 Å². The van der Waals surface area contributed by atoms with Gasteiger partial charge in [0.05, 0.1) is 10.6 Å². The van der Waals surface area contributed by atoms with Crippen molar-refractivity contribution in [1.82, 2.24) is 24.9 Å². The fourth-order valence-corrected chi connectivity index (χ4v) is 4.26. The number of hydrogen-bond donors (Lipinski definition) is 2. The highest BCUT2D eigenvalue weighted by Crippen LogP contribution is 2.19. The lowest BCUT2D eigenvalue weighted by Crippen LogP contribution is -2.42. The van der Waals surface area contributed by atoms with Crippen LogP contribution in [-0.4, -0.2) is 45.7 Å². The molecule has 1 aromatic heterocycles. The van der Waals surface area contributed by atoms with E-state index in [1.807, 2.05) is 30.3 Å². The summed E-state index contributed by atoms with van der Waals surface area (Å²) in [4.78, 5) is 12.9. The summed E-state index contributed by atoms with van der Waals surface area (Å²) in [6.45, 7) is 0. The van der Waals surface area contributed by atoms with Gasteiger partial charge in [-0.3, -0.25) is 4.79 Å². The number of tetrazole rings is 1. The molecule has 3 aromatic carbocycles. The first-order valence-electron chi connectivity index (χ1n) is 9.67. The zero-order chi connectivity index (χ0) is 22.6. The summed E-state index contributed by atoms with van der Waals surface area (Å²) in [6.07, 6.45) is 0.0278. The minimum atomic E-state index is -4.05. The SMILES string of the molecule is O=C(O)[C@@H](Cc1ccccc1)NS(=O)(=O)c1ccc(-c2nnn(-c3ccccc3)n2)cc1. The quantitative estimate of drug-likeness (QED) is 0.422. The van der Waals surface area contributed by atoms with Crippen LogP contribution in [0.1, 0.15) is 5.56 Å². The Morgan fingerprint density at radius 3 is 2.19 bits per heavy atom. The first-order chi connectivity index (χ1) is 15.4. The molecular formula is C22H19N5O4S. The van der Waals surface area contributed by atoms with Gasteiger partial charge in [0.1, 0.15) is 6.04 Å². The molecule has 0 spiro atoms. The molecule has 9 nitrogen and oxygen atoms in total. The van der Waals surface area contributed by atoms with E-state index >= 15 is 0 Å². The first kappa shape index (κ1) is 21.3. The summed E-state index contributed by atoms with van der Waals surface area (Å²) in [6, 6.07) is 22.6. The van der Waals surface area contributed by atoms with Crippen molar-refractivity contribution in [2.24, 2.45) is 0 Å². The molecule has 4 aromatic rings. The number of sulfonamides is 1. The Bertz CT molecular complexity index is 1310. The number of aliphatic carboxylic acids is 1. The minimum Gasteiger partial charge on any atom is -0.480 e. The number of hydrogen-bond acceptors (Lipinski definition) is 6. The molecule has 0 aliphatic rings. The van der Waals surface area contributed by atoms with Crippen molar-refractivity contribution in [1.29, 1.82) is 0 Å². The third kappa shape index (κ3) is 4.88. The van der Waals surface area contributed by atoms with Gasteiger partial charge >= 0.3 is 5.97 Å². The van der Waals surface area contributed by atoms with Crippen LogP contribution in [0, 0.1) is 0 Å². The van der Waals surface area contributed by atoms with E-state index in [4.69, 9.17) is 0 Å². The molecule has 10 heteroatoms. The van der Waals surface area contributed by atoms with E-state index in [1.165, 1.54) is 16.9 Å². The van der Waals surface area contributed by atoms with Crippen LogP contribution in [0.25, 0.3) is 17.1 Å². The standard InChI is InChI=1S/C22H19N5O4S/c28-22(29)20(15-16-7-3-1-4-8-16)25-32(30,31)19-13-11-17(12-14-19)21-23-26-27(24-21)18-9-5-2-6-10-18/h1-14,20,25H,15H2,(H,28,29)/t20-/m1/s1. The van der Waals surface area contributed by atoms with Gasteiger partial charge in [-0.15, -0.1) is 15.0 Å². The lowest BCUT2D eigenvalue weighted by atomic mass is 10.1. The number of carbonyl (C=O) groups is 1. The van der Waals surface area contributed by atoms with Crippen LogP contribution < -0.4 is 4.72 Å². The average molecular weight is 449 g/mol. The Hall–Kier alpha value is -3.89. The van der Waals surface area contributed by atoms with E-state index in [0.717, 1.165) is 5.69 Å². The van der Waals surface area contributed by atoms with Crippen molar-refractivity contribution < 1.29 is 18.3 Å². The molecule has 0 radical (unpaired) electrons. The average Bonchev–Trinajstić information content (AvgIpc) is 3.30. The number of rotatable bonds is 8. The number of nitrogens with one attached hydrogen (secondary N) is 1. The molecule has 32 heavy (non-hydrogen) atoms. The van der Waals surface area contributed by atoms with Crippen LogP contribution in [0.5, 0.6) is 0 Å². The highest BCUT2D eigenvalue weighted by molar-refractivity contribution is 7.89. The minimum absolute atomic E-state index is 0.0278. The van der Waals surface area contributed by atoms with Gasteiger partial charge in [-0.25, -0.2) is 8.42 Å². The fourth-order valence-electron chi connectivity index (χ4n) is 3.07. The Balaban J connectivity index is 1.51. The summed E-state index contributed by atoms with van der Waals surface area (Å²) >= 11 is 0. The monoisotopic (exact) mass is 449 g/mol. The lowest BCUT2D eigenvalue weighted by molar-refractivity contribution is -0.138. The Labute approximate surface area is 184 Å². The Kier molecular flexibility index (Phi) is 6.06. The maximum Gasteiger partial charge on any atom is 0.322 e. The van der Waals surface area contributed by atoms with E-state index in [9.17, 15) is 18.3 Å². The van der Waals surface area contributed by atoms with Gasteiger partial charge in [0.2, 0.25) is 15.8 Å². The van der Waals surface area contributed by atoms with Crippen LogP contribution in [0.4, 0.5) is 0 Å². The number of aromatic nitrogens is 4. The van der Waals surface area contributed by atoms with E-state index in [0.29, 0.717) is 17.0 Å². The molecule has 0 aliphatic heterocycles. The Morgan fingerprint density at radius 1 is 0.938 bits per heavy atom. The fraction of sp³-hybridized carbons (Fsp3) is 0.0909. The molecular weight excluding hydrogens is 430 g/mol. The smallest absolute Gasteiger partial charge is 0.322 e. The molecule has 1 heterocycles. The molecule has 0 saturated carbocycles. The second-order valence-corrected chi connectivity index (χ2v) is 8.68. The van der Waals surface area contributed by atoms with Gasteiger partial charge < -0.3 is 5.11 Å². The van der Waals surface area contributed by atoms with Crippen molar-refractivity contribution >= 4 is 16.0 Å². The summed E-state index contributed by atoms with van der Waals surface area (Å²) in [5.74, 6) is -0.922. The van der Waals surface area contributed by atoms with Crippen LogP contribution >= 0.6 is 0 Å². The van der Waals surface area contributed by atoms with Crippen LogP contribution in [-0.2, 0) is 21.2 Å². The predicted molar refractivity (Wildman–Crippen MR) is 116 cm³/mol. The van der Waals surface area contributed by atoms with E-state index in [2.05, 4.69) is 20.1 Å². The Morgan fingerprint density at radius 2 is 1.56 bits per heavy atom. The largest absolute Gasteiger partial charge is 0.480 e. The van der Waals surface area contributed by atoms with Crippen LogP contribution in [0.15, 0.2) is 89.8 Å². The second-order valence-electron chi connectivity index (χ2n) is 6.96. The van der Waals surface area contributed by atoms with Crippen molar-refractivity contribution in [3.8, 4) is 17.1 Å². The van der Waals surface area contributed by atoms with E-state index < -0.39 is 22.0 Å². The molecule has 4 rings (SSSR count). The summed E-state index contributed by atoms with van der Waals surface area (Å²) < 4.78 is 27.8. The highest BCUT2D eigenvalue weighted by Gasteiger charge is 2.25. The number of benzene rings is 3. The van der Waals surface area contributed by atoms with Gasteiger partial charge in [-0.05, 0) is 53.6 Å². The predicted octanol–water partition coefficient (Wildman–Crippen LogP) is 2.30. The molecule has 1 atom stereocenters. The highest BCUT2D eigenvalue weighted by atomic mass is 32.2. The molecule has 2 N–H and O–H groups in total. The molecule has 0 unspecified atom stereocenters. The summed E-state index contributed by atoms with van der Waals surface area (Å²) in [5.41, 5.74) is 2.03. The second kappa shape index (κ2) is 9.08. The number of carboxylic acid groups (broad SMARTS) is 1. The zero-order valence-corrected chi connectivity index (χ0v) is 17.6. The lowest BCUT2D eigenvalue weighted by Gasteiger charge is -2.15. The third-order valence-electron chi connectivity index (χ3n) is 4.70. The van der Waals surface area contributed by atoms with Gasteiger partial charge in [0, 0.05) is 5.56 Å². The zero-order valence-electron chi connectivity index (χ0n) is 16.7. The van der Waals surface area contributed by atoms with E-state index in [1.54, 1.807) is 42.5 Å². The summed E-state index contributed by atoms with van der Waals surface area (Å²) in [5, 5.41) is 21.8. The van der Waals surface area contributed by atoms with Gasteiger partial charge in [0.25, 0.3) is 0 Å². The third-order valence-corrected chi connectivity index (χ3v) is 6.19. The molecule has 0 amide bonds. The van der Waals surface area contributed by atoms with Crippen molar-refractivity contribution in [3.05, 3.63) is 90.5 Å². The topological polar surface area (TPSA) is 127 Å². The maximum absolute atomic E-state index is 12.8. The summed E-state index contributed by atoms with van der Waals surface area (Å²) in [7, 11) is -4.05. The van der Waals surface area contributed by atoms with E-state index in [-0.39, 0.29) is 11.3 Å². The number of para-hydroxylation sites is 1. The first-order valence-corrected chi connectivity index (χ1v) is 11.2. The van der Waals surface area contributed by atoms with Crippen molar-refractivity contribution in [3.63, 3.8) is 0 Å². The molecule has 0 fully saturated rings. The molecule has 0 aliphatic carbocycles. The molecule has 162 valence electrons. The normalized spacial score (nSPS) is 12.4. The number of carboxylic acids is 1. The maximum atomic E-state index is 12.8. The molecule has 0 bridgehead atoms. The van der Waals surface area contributed by atoms with Crippen molar-refractivity contribution in [2.45, 2.75) is 17.4 Å². The van der Waals surface area contributed by atoms with Crippen molar-refractivity contribution in [2.75, 3.05) is 0 Å². The van der Waals surface area contributed by atoms with Gasteiger partial charge in [0.15, 0.2) is 0 Å². The van der Waals surface area contributed by atoms with Crippen LogP contribution in [0.2, 0.25) is 0 Å². The molecule has 0 saturated heterocycles. The number of nitrogens with zero attached hydrogens (tertiary/aromatic N) is 4. The van der Waals surface area contributed by atoms with Crippen LogP contribution in [0.3, 0.4) is 0 Å².